The van der Waals surface area contributed by atoms with Crippen LogP contribution in [0, 0.1) is 6.92 Å². The minimum Gasteiger partial charge on any atom is -0.325 e. The molecule has 1 fully saturated rings. The van der Waals surface area contributed by atoms with E-state index in [1.165, 1.54) is 0 Å². The number of aryl methyl sites for hydroxylation is 1. The Labute approximate surface area is 113 Å². The van der Waals surface area contributed by atoms with Crippen LogP contribution in [-0.2, 0) is 9.59 Å². The van der Waals surface area contributed by atoms with Gasteiger partial charge < -0.3 is 10.1 Å². The summed E-state index contributed by atoms with van der Waals surface area (Å²) in [6.07, 6.45) is 3.95. The number of amides is 1. The smallest absolute Gasteiger partial charge is 0.238 e. The van der Waals surface area contributed by atoms with E-state index < -0.39 is 0 Å². The van der Waals surface area contributed by atoms with Crippen molar-refractivity contribution in [3.05, 3.63) is 29.8 Å². The molecule has 102 valence electrons. The van der Waals surface area contributed by atoms with Gasteiger partial charge >= 0.3 is 0 Å². The van der Waals surface area contributed by atoms with E-state index in [9.17, 15) is 9.59 Å². The maximum atomic E-state index is 12.0. The number of piperidine rings is 1. The number of likely N-dealkylation sites (tertiary alicyclic amines) is 1. The first kappa shape index (κ1) is 13.7. The monoisotopic (exact) mass is 260 g/mol. The Morgan fingerprint density at radius 1 is 1.47 bits per heavy atom. The van der Waals surface area contributed by atoms with Gasteiger partial charge in [0.1, 0.15) is 6.29 Å². The highest BCUT2D eigenvalue weighted by molar-refractivity contribution is 5.92. The van der Waals surface area contributed by atoms with Crippen LogP contribution in [0.25, 0.3) is 0 Å². The van der Waals surface area contributed by atoms with Crippen molar-refractivity contribution in [1.29, 1.82) is 0 Å². The molecule has 19 heavy (non-hydrogen) atoms. The number of hydrogen-bond donors (Lipinski definition) is 1. The third-order valence-corrected chi connectivity index (χ3v) is 3.47. The number of nitrogens with one attached hydrogen (secondary N) is 1. The molecule has 1 atom stereocenters. The summed E-state index contributed by atoms with van der Waals surface area (Å²) in [4.78, 5) is 24.9. The van der Waals surface area contributed by atoms with E-state index in [0.29, 0.717) is 0 Å². The normalized spacial score (nSPS) is 19.9. The fraction of sp³-hybridized carbons (Fsp3) is 0.467. The third kappa shape index (κ3) is 3.89. The summed E-state index contributed by atoms with van der Waals surface area (Å²) in [5, 5.41) is 2.88. The Kier molecular flexibility index (Phi) is 4.68. The summed E-state index contributed by atoms with van der Waals surface area (Å²) in [5.74, 6) is -0.0562. The van der Waals surface area contributed by atoms with Gasteiger partial charge in [0, 0.05) is 5.69 Å². The number of nitrogens with zero attached hydrogens (tertiary/aromatic N) is 1. The van der Waals surface area contributed by atoms with Gasteiger partial charge in [-0.1, -0.05) is 18.6 Å². The van der Waals surface area contributed by atoms with Crippen molar-refractivity contribution in [3.63, 3.8) is 0 Å². The molecule has 0 radical (unpaired) electrons. The lowest BCUT2D eigenvalue weighted by Gasteiger charge is -2.31. The lowest BCUT2D eigenvalue weighted by atomic mass is 10.0. The molecule has 1 aliphatic heterocycles. The quantitative estimate of drug-likeness (QED) is 0.842. The van der Waals surface area contributed by atoms with Gasteiger partial charge in [0.25, 0.3) is 0 Å². The fourth-order valence-electron chi connectivity index (χ4n) is 2.47. The molecular weight excluding hydrogens is 240 g/mol. The Hall–Kier alpha value is -1.68. The van der Waals surface area contributed by atoms with Gasteiger partial charge in [-0.05, 0) is 44.0 Å². The second-order valence-electron chi connectivity index (χ2n) is 5.09. The number of hydrogen-bond acceptors (Lipinski definition) is 3. The lowest BCUT2D eigenvalue weighted by molar-refractivity contribution is -0.120. The standard InChI is InChI=1S/C15H20N2O2/c1-12-5-4-6-13(9-12)16-15(19)10-17-8-3-2-7-14(17)11-18/h4-6,9,11,14H,2-3,7-8,10H2,1H3,(H,16,19). The fourth-order valence-corrected chi connectivity index (χ4v) is 2.47. The molecule has 1 N–H and O–H groups in total. The zero-order valence-corrected chi connectivity index (χ0v) is 11.3. The average molecular weight is 260 g/mol. The highest BCUT2D eigenvalue weighted by Gasteiger charge is 2.23. The van der Waals surface area contributed by atoms with E-state index in [1.54, 1.807) is 0 Å². The van der Waals surface area contributed by atoms with Gasteiger partial charge in [-0.15, -0.1) is 0 Å². The van der Waals surface area contributed by atoms with Gasteiger partial charge in [-0.3, -0.25) is 9.69 Å². The zero-order chi connectivity index (χ0) is 13.7. The molecule has 1 unspecified atom stereocenters. The van der Waals surface area contributed by atoms with Crippen molar-refractivity contribution in [3.8, 4) is 0 Å². The van der Waals surface area contributed by atoms with Crippen LogP contribution < -0.4 is 5.32 Å². The van der Waals surface area contributed by atoms with Crippen molar-refractivity contribution in [2.75, 3.05) is 18.4 Å². The first-order valence-corrected chi connectivity index (χ1v) is 6.75. The van der Waals surface area contributed by atoms with E-state index in [1.807, 2.05) is 36.1 Å². The van der Waals surface area contributed by atoms with Crippen LogP contribution in [0.5, 0.6) is 0 Å². The first-order valence-electron chi connectivity index (χ1n) is 6.75. The maximum Gasteiger partial charge on any atom is 0.238 e. The average Bonchev–Trinajstić information content (AvgIpc) is 2.39. The lowest BCUT2D eigenvalue weighted by Crippen LogP contribution is -2.44. The van der Waals surface area contributed by atoms with Crippen LogP contribution in [0.4, 0.5) is 5.69 Å². The molecule has 1 aromatic carbocycles. The van der Waals surface area contributed by atoms with Gasteiger partial charge in [0.2, 0.25) is 5.91 Å². The summed E-state index contributed by atoms with van der Waals surface area (Å²) in [7, 11) is 0. The van der Waals surface area contributed by atoms with Crippen molar-refractivity contribution < 1.29 is 9.59 Å². The van der Waals surface area contributed by atoms with Crippen molar-refractivity contribution in [2.24, 2.45) is 0 Å². The molecule has 4 nitrogen and oxygen atoms in total. The van der Waals surface area contributed by atoms with Crippen LogP contribution in [0.3, 0.4) is 0 Å². The van der Waals surface area contributed by atoms with Gasteiger partial charge in [-0.25, -0.2) is 0 Å². The van der Waals surface area contributed by atoms with E-state index >= 15 is 0 Å². The minimum absolute atomic E-state index is 0.0562. The molecule has 2 rings (SSSR count). The number of rotatable bonds is 4. The summed E-state index contributed by atoms with van der Waals surface area (Å²) in [6, 6.07) is 7.61. The third-order valence-electron chi connectivity index (χ3n) is 3.47. The SMILES string of the molecule is Cc1cccc(NC(=O)CN2CCCCC2C=O)c1. The van der Waals surface area contributed by atoms with Gasteiger partial charge in [0.15, 0.2) is 0 Å². The molecule has 0 bridgehead atoms. The van der Waals surface area contributed by atoms with Gasteiger partial charge in [-0.2, -0.15) is 0 Å². The van der Waals surface area contributed by atoms with E-state index in [4.69, 9.17) is 0 Å². The molecular formula is C15H20N2O2. The second kappa shape index (κ2) is 6.48. The predicted octanol–water partition coefficient (Wildman–Crippen LogP) is 1.99. The second-order valence-corrected chi connectivity index (χ2v) is 5.09. The molecule has 0 aliphatic carbocycles. The number of carbonyl (C=O) groups excluding carboxylic acids is 2. The minimum atomic E-state index is -0.1000. The summed E-state index contributed by atoms with van der Waals surface area (Å²) in [5.41, 5.74) is 1.92. The zero-order valence-electron chi connectivity index (χ0n) is 11.3. The van der Waals surface area contributed by atoms with Crippen LogP contribution in [0.2, 0.25) is 0 Å². The van der Waals surface area contributed by atoms with Crippen molar-refractivity contribution >= 4 is 17.9 Å². The highest BCUT2D eigenvalue weighted by atomic mass is 16.2. The topological polar surface area (TPSA) is 49.4 Å². The number of aldehydes is 1. The largest absolute Gasteiger partial charge is 0.325 e. The molecule has 1 saturated heterocycles. The summed E-state index contributed by atoms with van der Waals surface area (Å²) >= 11 is 0. The Balaban J connectivity index is 1.91. The summed E-state index contributed by atoms with van der Waals surface area (Å²) in [6.45, 7) is 3.10. The molecule has 1 heterocycles. The van der Waals surface area contributed by atoms with Gasteiger partial charge in [0.05, 0.1) is 12.6 Å². The molecule has 1 aromatic rings. The number of anilines is 1. The van der Waals surface area contributed by atoms with E-state index in [0.717, 1.165) is 43.3 Å². The maximum absolute atomic E-state index is 12.0. The Morgan fingerprint density at radius 2 is 2.32 bits per heavy atom. The number of carbonyl (C=O) groups is 2. The Morgan fingerprint density at radius 3 is 3.05 bits per heavy atom. The van der Waals surface area contributed by atoms with Crippen molar-refractivity contribution in [2.45, 2.75) is 32.2 Å². The predicted molar refractivity (Wildman–Crippen MR) is 75.1 cm³/mol. The van der Waals surface area contributed by atoms with Crippen LogP contribution in [0.15, 0.2) is 24.3 Å². The van der Waals surface area contributed by atoms with Crippen LogP contribution >= 0.6 is 0 Å². The molecule has 0 spiro atoms. The highest BCUT2D eigenvalue weighted by Crippen LogP contribution is 2.15. The van der Waals surface area contributed by atoms with E-state index in [2.05, 4.69) is 5.32 Å². The van der Waals surface area contributed by atoms with Crippen molar-refractivity contribution in [1.82, 2.24) is 4.90 Å². The molecule has 1 aliphatic rings. The summed E-state index contributed by atoms with van der Waals surface area (Å²) < 4.78 is 0. The Bertz CT molecular complexity index is 459. The number of benzene rings is 1. The first-order chi connectivity index (χ1) is 9.19. The van der Waals surface area contributed by atoms with E-state index in [-0.39, 0.29) is 18.5 Å². The molecule has 0 saturated carbocycles. The molecule has 4 heteroatoms. The molecule has 1 amide bonds. The van der Waals surface area contributed by atoms with Crippen LogP contribution in [0.1, 0.15) is 24.8 Å². The molecule has 0 aromatic heterocycles. The van der Waals surface area contributed by atoms with Crippen LogP contribution in [-0.4, -0.2) is 36.2 Å².